The van der Waals surface area contributed by atoms with Crippen molar-refractivity contribution in [1.29, 1.82) is 0 Å². The van der Waals surface area contributed by atoms with E-state index in [1.54, 1.807) is 6.20 Å². The third-order valence-corrected chi connectivity index (χ3v) is 5.19. The first-order chi connectivity index (χ1) is 13.3. The molecule has 1 amide bonds. The van der Waals surface area contributed by atoms with Gasteiger partial charge in [-0.3, -0.25) is 4.79 Å². The largest absolute Gasteiger partial charge is 0.493 e. The minimum Gasteiger partial charge on any atom is -0.493 e. The second-order valence-electron chi connectivity index (χ2n) is 7.15. The van der Waals surface area contributed by atoms with Gasteiger partial charge < -0.3 is 14.2 Å². The van der Waals surface area contributed by atoms with Crippen molar-refractivity contribution in [2.75, 3.05) is 19.7 Å². The Morgan fingerprint density at radius 1 is 1.15 bits per heavy atom. The van der Waals surface area contributed by atoms with Crippen molar-refractivity contribution in [3.63, 3.8) is 0 Å². The Morgan fingerprint density at radius 2 is 2.04 bits per heavy atom. The van der Waals surface area contributed by atoms with Gasteiger partial charge in [-0.05, 0) is 43.2 Å². The highest BCUT2D eigenvalue weighted by Gasteiger charge is 2.24. The minimum absolute atomic E-state index is 0.220. The smallest absolute Gasteiger partial charge is 0.224 e. The summed E-state index contributed by atoms with van der Waals surface area (Å²) in [6, 6.07) is 15.9. The van der Waals surface area contributed by atoms with Gasteiger partial charge in [0.25, 0.3) is 0 Å². The predicted octanol–water partition coefficient (Wildman–Crippen LogP) is 3.74. The molecule has 3 aromatic rings. The van der Waals surface area contributed by atoms with E-state index in [0.29, 0.717) is 25.5 Å². The van der Waals surface area contributed by atoms with Gasteiger partial charge in [0.2, 0.25) is 5.91 Å². The summed E-state index contributed by atoms with van der Waals surface area (Å²) in [5, 5.41) is 1.11. The van der Waals surface area contributed by atoms with Crippen molar-refractivity contribution in [2.24, 2.45) is 5.92 Å². The van der Waals surface area contributed by atoms with Crippen LogP contribution in [0.1, 0.15) is 19.3 Å². The number of para-hydroxylation sites is 1. The van der Waals surface area contributed by atoms with Crippen molar-refractivity contribution in [3.8, 4) is 5.75 Å². The number of hydrogen-bond acceptors (Lipinski definition) is 3. The van der Waals surface area contributed by atoms with Gasteiger partial charge in [-0.15, -0.1) is 0 Å². The van der Waals surface area contributed by atoms with Crippen LogP contribution >= 0.6 is 0 Å². The molecule has 5 nitrogen and oxygen atoms in total. The number of carbonyl (C=O) groups is 1. The second kappa shape index (κ2) is 8.25. The molecule has 2 aromatic heterocycles. The van der Waals surface area contributed by atoms with Crippen LogP contribution in [-0.2, 0) is 11.3 Å². The Kier molecular flexibility index (Phi) is 5.37. The maximum atomic E-state index is 12.7. The Bertz CT molecular complexity index is 891. The molecule has 0 spiro atoms. The molecule has 0 saturated carbocycles. The van der Waals surface area contributed by atoms with E-state index in [0.717, 1.165) is 42.7 Å². The van der Waals surface area contributed by atoms with Gasteiger partial charge in [-0.25, -0.2) is 4.98 Å². The minimum atomic E-state index is 0.220. The lowest BCUT2D eigenvalue weighted by atomic mass is 9.98. The van der Waals surface area contributed by atoms with Crippen LogP contribution in [0.4, 0.5) is 0 Å². The van der Waals surface area contributed by atoms with Crippen LogP contribution in [0.5, 0.6) is 5.75 Å². The van der Waals surface area contributed by atoms with Gasteiger partial charge in [0.15, 0.2) is 0 Å². The highest BCUT2D eigenvalue weighted by Crippen LogP contribution is 2.20. The van der Waals surface area contributed by atoms with Crippen LogP contribution < -0.4 is 4.74 Å². The summed E-state index contributed by atoms with van der Waals surface area (Å²) in [4.78, 5) is 19.1. The van der Waals surface area contributed by atoms with Crippen LogP contribution in [0.2, 0.25) is 0 Å². The van der Waals surface area contributed by atoms with Gasteiger partial charge in [-0.2, -0.15) is 0 Å². The molecular weight excluding hydrogens is 338 g/mol. The van der Waals surface area contributed by atoms with Crippen LogP contribution in [0, 0.1) is 5.92 Å². The van der Waals surface area contributed by atoms with Gasteiger partial charge in [-0.1, -0.05) is 18.2 Å². The fraction of sp³-hybridized carbons (Fsp3) is 0.364. The number of ether oxygens (including phenoxy) is 1. The van der Waals surface area contributed by atoms with E-state index in [1.807, 2.05) is 59.6 Å². The molecule has 0 aliphatic carbocycles. The third kappa shape index (κ3) is 4.30. The van der Waals surface area contributed by atoms with E-state index in [9.17, 15) is 4.79 Å². The molecule has 1 unspecified atom stereocenters. The van der Waals surface area contributed by atoms with E-state index >= 15 is 0 Å². The standard InChI is InChI=1S/C22H25N3O2/c26-21(11-15-24-14-10-19-7-4-12-23-22(19)24)25-13-5-6-18(16-25)17-27-20-8-2-1-3-9-20/h1-4,7-10,12,14,18H,5-6,11,13,15-17H2. The molecule has 140 valence electrons. The fourth-order valence-electron chi connectivity index (χ4n) is 3.73. The third-order valence-electron chi connectivity index (χ3n) is 5.19. The molecule has 27 heavy (non-hydrogen) atoms. The van der Waals surface area contributed by atoms with Crippen molar-refractivity contribution in [1.82, 2.24) is 14.5 Å². The van der Waals surface area contributed by atoms with Gasteiger partial charge in [0.1, 0.15) is 11.4 Å². The summed E-state index contributed by atoms with van der Waals surface area (Å²) in [7, 11) is 0. The number of amides is 1. The number of pyridine rings is 1. The maximum Gasteiger partial charge on any atom is 0.224 e. The average Bonchev–Trinajstić information content (AvgIpc) is 3.15. The predicted molar refractivity (Wildman–Crippen MR) is 106 cm³/mol. The Morgan fingerprint density at radius 3 is 2.93 bits per heavy atom. The molecule has 4 rings (SSSR count). The summed E-state index contributed by atoms with van der Waals surface area (Å²) in [5.74, 6) is 1.52. The monoisotopic (exact) mass is 363 g/mol. The van der Waals surface area contributed by atoms with E-state index in [-0.39, 0.29) is 5.91 Å². The van der Waals surface area contributed by atoms with Crippen LogP contribution in [-0.4, -0.2) is 40.1 Å². The van der Waals surface area contributed by atoms with Gasteiger partial charge in [0, 0.05) is 49.8 Å². The fourth-order valence-corrected chi connectivity index (χ4v) is 3.73. The molecule has 1 atom stereocenters. The molecule has 1 aromatic carbocycles. The SMILES string of the molecule is O=C(CCn1ccc2cccnc21)N1CCCC(COc2ccccc2)C1. The van der Waals surface area contributed by atoms with E-state index in [1.165, 1.54) is 0 Å². The zero-order chi connectivity index (χ0) is 18.5. The van der Waals surface area contributed by atoms with E-state index in [2.05, 4.69) is 9.55 Å². The van der Waals surface area contributed by atoms with Gasteiger partial charge in [0.05, 0.1) is 6.61 Å². The van der Waals surface area contributed by atoms with Crippen LogP contribution in [0.15, 0.2) is 60.9 Å². The van der Waals surface area contributed by atoms with E-state index < -0.39 is 0 Å². The summed E-state index contributed by atoms with van der Waals surface area (Å²) < 4.78 is 7.95. The molecule has 1 aliphatic heterocycles. The molecular formula is C22H25N3O2. The molecule has 3 heterocycles. The molecule has 1 aliphatic rings. The van der Waals surface area contributed by atoms with Crippen molar-refractivity contribution < 1.29 is 9.53 Å². The lowest BCUT2D eigenvalue weighted by Gasteiger charge is -2.32. The molecule has 5 heteroatoms. The summed E-state index contributed by atoms with van der Waals surface area (Å²) in [6.07, 6.45) is 6.47. The van der Waals surface area contributed by atoms with E-state index in [4.69, 9.17) is 4.74 Å². The summed E-state index contributed by atoms with van der Waals surface area (Å²) in [6.45, 7) is 2.97. The summed E-state index contributed by atoms with van der Waals surface area (Å²) in [5.41, 5.74) is 0.943. The zero-order valence-corrected chi connectivity index (χ0v) is 15.5. The molecule has 1 saturated heterocycles. The maximum absolute atomic E-state index is 12.7. The number of hydrogen-bond donors (Lipinski definition) is 0. The van der Waals surface area contributed by atoms with Gasteiger partial charge >= 0.3 is 0 Å². The number of aromatic nitrogens is 2. The van der Waals surface area contributed by atoms with Crippen molar-refractivity contribution >= 4 is 16.9 Å². The average molecular weight is 363 g/mol. The Hall–Kier alpha value is -2.82. The number of carbonyl (C=O) groups excluding carboxylic acids is 1. The highest BCUT2D eigenvalue weighted by molar-refractivity contribution is 5.78. The molecule has 0 bridgehead atoms. The lowest BCUT2D eigenvalue weighted by Crippen LogP contribution is -2.41. The zero-order valence-electron chi connectivity index (χ0n) is 15.5. The number of benzene rings is 1. The van der Waals surface area contributed by atoms with Crippen LogP contribution in [0.3, 0.4) is 0 Å². The molecule has 1 fully saturated rings. The topological polar surface area (TPSA) is 47.4 Å². The number of likely N-dealkylation sites (tertiary alicyclic amines) is 1. The molecule has 0 N–H and O–H groups in total. The van der Waals surface area contributed by atoms with Crippen molar-refractivity contribution in [3.05, 3.63) is 60.9 Å². The normalized spacial score (nSPS) is 17.2. The number of aryl methyl sites for hydroxylation is 1. The first kappa shape index (κ1) is 17.6. The van der Waals surface area contributed by atoms with Crippen LogP contribution in [0.25, 0.3) is 11.0 Å². The number of piperidine rings is 1. The Balaban J connectivity index is 1.29. The summed E-state index contributed by atoms with van der Waals surface area (Å²) >= 11 is 0. The first-order valence-electron chi connectivity index (χ1n) is 9.65. The lowest BCUT2D eigenvalue weighted by molar-refractivity contribution is -0.133. The first-order valence-corrected chi connectivity index (χ1v) is 9.65. The number of fused-ring (bicyclic) bond motifs is 1. The number of nitrogens with zero attached hydrogens (tertiary/aromatic N) is 3. The van der Waals surface area contributed by atoms with Crippen molar-refractivity contribution in [2.45, 2.75) is 25.8 Å². The molecule has 0 radical (unpaired) electrons. The Labute approximate surface area is 159 Å². The quantitative estimate of drug-likeness (QED) is 0.670. The number of rotatable bonds is 6. The second-order valence-corrected chi connectivity index (χ2v) is 7.15. The highest BCUT2D eigenvalue weighted by atomic mass is 16.5.